The van der Waals surface area contributed by atoms with E-state index in [1.165, 1.54) is 5.56 Å². The van der Waals surface area contributed by atoms with Crippen LogP contribution < -0.4 is 10.4 Å². The van der Waals surface area contributed by atoms with E-state index in [9.17, 15) is 4.79 Å². The lowest BCUT2D eigenvalue weighted by Gasteiger charge is -2.08. The maximum absolute atomic E-state index is 12.2. The van der Waals surface area contributed by atoms with Gasteiger partial charge in [0.25, 0.3) is 0 Å². The van der Waals surface area contributed by atoms with Gasteiger partial charge in [-0.2, -0.15) is 0 Å². The lowest BCUT2D eigenvalue weighted by Crippen LogP contribution is -2.08. The number of ether oxygens (including phenoxy) is 1. The van der Waals surface area contributed by atoms with Gasteiger partial charge in [0.15, 0.2) is 0 Å². The zero-order valence-electron chi connectivity index (χ0n) is 13.0. The third kappa shape index (κ3) is 2.75. The average molecular weight is 294 g/mol. The van der Waals surface area contributed by atoms with Crippen molar-refractivity contribution in [3.05, 3.63) is 75.1 Å². The maximum atomic E-state index is 12.2. The number of fused-ring (bicyclic) bond motifs is 1. The highest BCUT2D eigenvalue weighted by molar-refractivity contribution is 5.84. The molecule has 3 heteroatoms. The monoisotopic (exact) mass is 294 g/mol. The highest BCUT2D eigenvalue weighted by atomic mass is 16.5. The third-order valence-corrected chi connectivity index (χ3v) is 3.77. The van der Waals surface area contributed by atoms with Crippen molar-refractivity contribution < 1.29 is 9.15 Å². The van der Waals surface area contributed by atoms with Crippen LogP contribution in [0.5, 0.6) is 5.75 Å². The van der Waals surface area contributed by atoms with Gasteiger partial charge in [0.2, 0.25) is 0 Å². The number of methoxy groups -OCH3 is 1. The van der Waals surface area contributed by atoms with Gasteiger partial charge in [0.05, 0.1) is 12.5 Å². The second-order valence-corrected chi connectivity index (χ2v) is 5.60. The second kappa shape index (κ2) is 5.68. The lowest BCUT2D eigenvalue weighted by atomic mass is 10.0. The predicted molar refractivity (Wildman–Crippen MR) is 87.8 cm³/mol. The Bertz CT molecular complexity index is 874. The van der Waals surface area contributed by atoms with Crippen LogP contribution in [-0.2, 0) is 6.42 Å². The standard InChI is InChI=1S/C19H18O3/c1-12-4-6-14(7-5-12)10-15-11-16-17(21-3)8-13(2)9-18(16)22-19(15)20/h4-9,11H,10H2,1-3H3. The fraction of sp³-hybridized carbons (Fsp3) is 0.211. The number of benzene rings is 2. The highest BCUT2D eigenvalue weighted by Gasteiger charge is 2.10. The van der Waals surface area contributed by atoms with E-state index < -0.39 is 0 Å². The Labute approximate surface area is 129 Å². The molecule has 3 nitrogen and oxygen atoms in total. The average Bonchev–Trinajstić information content (AvgIpc) is 2.49. The molecule has 0 aliphatic rings. The summed E-state index contributed by atoms with van der Waals surface area (Å²) in [6.45, 7) is 3.99. The molecule has 0 saturated carbocycles. The first kappa shape index (κ1) is 14.4. The first-order valence-corrected chi connectivity index (χ1v) is 7.24. The predicted octanol–water partition coefficient (Wildman–Crippen LogP) is 4.01. The molecule has 0 spiro atoms. The Morgan fingerprint density at radius 2 is 1.73 bits per heavy atom. The number of hydrogen-bond donors (Lipinski definition) is 0. The van der Waals surface area contributed by atoms with Crippen molar-refractivity contribution in [2.45, 2.75) is 20.3 Å². The molecule has 22 heavy (non-hydrogen) atoms. The zero-order chi connectivity index (χ0) is 15.7. The molecule has 3 aromatic rings. The van der Waals surface area contributed by atoms with Crippen molar-refractivity contribution in [3.8, 4) is 5.75 Å². The minimum atomic E-state index is -0.291. The molecule has 0 N–H and O–H groups in total. The molecule has 0 unspecified atom stereocenters. The highest BCUT2D eigenvalue weighted by Crippen LogP contribution is 2.27. The van der Waals surface area contributed by atoms with Crippen LogP contribution in [0, 0.1) is 13.8 Å². The summed E-state index contributed by atoms with van der Waals surface area (Å²) >= 11 is 0. The van der Waals surface area contributed by atoms with Gasteiger partial charge in [-0.3, -0.25) is 0 Å². The molecule has 2 aromatic carbocycles. The Kier molecular flexibility index (Phi) is 3.72. The Hall–Kier alpha value is -2.55. The molecule has 3 rings (SSSR count). The molecule has 1 heterocycles. The second-order valence-electron chi connectivity index (χ2n) is 5.60. The van der Waals surface area contributed by atoms with Crippen LogP contribution in [0.3, 0.4) is 0 Å². The van der Waals surface area contributed by atoms with Crippen molar-refractivity contribution in [3.63, 3.8) is 0 Å². The van der Waals surface area contributed by atoms with E-state index in [0.29, 0.717) is 17.6 Å². The first-order valence-electron chi connectivity index (χ1n) is 7.24. The van der Waals surface area contributed by atoms with Crippen LogP contribution in [0.2, 0.25) is 0 Å². The number of rotatable bonds is 3. The van der Waals surface area contributed by atoms with Crippen molar-refractivity contribution in [2.24, 2.45) is 0 Å². The van der Waals surface area contributed by atoms with E-state index in [-0.39, 0.29) is 5.63 Å². The molecule has 1 aromatic heterocycles. The van der Waals surface area contributed by atoms with E-state index in [2.05, 4.69) is 0 Å². The molecule has 112 valence electrons. The van der Waals surface area contributed by atoms with Gasteiger partial charge in [-0.05, 0) is 43.2 Å². The first-order chi connectivity index (χ1) is 10.6. The minimum absolute atomic E-state index is 0.291. The van der Waals surface area contributed by atoms with Crippen molar-refractivity contribution in [2.75, 3.05) is 7.11 Å². The molecule has 0 bridgehead atoms. The molecule has 0 saturated heterocycles. The van der Waals surface area contributed by atoms with Crippen molar-refractivity contribution in [1.82, 2.24) is 0 Å². The topological polar surface area (TPSA) is 39.4 Å². The van der Waals surface area contributed by atoms with E-state index in [1.54, 1.807) is 7.11 Å². The molecule has 0 aliphatic carbocycles. The van der Waals surface area contributed by atoms with Gasteiger partial charge < -0.3 is 9.15 Å². The van der Waals surface area contributed by atoms with Crippen molar-refractivity contribution >= 4 is 11.0 Å². The van der Waals surface area contributed by atoms with Crippen molar-refractivity contribution in [1.29, 1.82) is 0 Å². The van der Waals surface area contributed by atoms with Crippen LogP contribution in [0.15, 0.2) is 51.7 Å². The fourth-order valence-electron chi connectivity index (χ4n) is 2.58. The van der Waals surface area contributed by atoms with Crippen LogP contribution in [0.1, 0.15) is 22.3 Å². The summed E-state index contributed by atoms with van der Waals surface area (Å²) in [5.74, 6) is 0.726. The van der Waals surface area contributed by atoms with Gasteiger partial charge in [-0.15, -0.1) is 0 Å². The molecular formula is C19H18O3. The molecular weight excluding hydrogens is 276 g/mol. The molecule has 0 amide bonds. The summed E-state index contributed by atoms with van der Waals surface area (Å²) in [4.78, 5) is 12.2. The normalized spacial score (nSPS) is 10.9. The van der Waals surface area contributed by atoms with Crippen LogP contribution >= 0.6 is 0 Å². The maximum Gasteiger partial charge on any atom is 0.339 e. The molecule has 0 fully saturated rings. The van der Waals surface area contributed by atoms with Gasteiger partial charge in [-0.25, -0.2) is 4.79 Å². The van der Waals surface area contributed by atoms with Gasteiger partial charge in [0, 0.05) is 12.0 Å². The third-order valence-electron chi connectivity index (χ3n) is 3.77. The Morgan fingerprint density at radius 1 is 1.00 bits per heavy atom. The fourth-order valence-corrected chi connectivity index (χ4v) is 2.58. The summed E-state index contributed by atoms with van der Waals surface area (Å²) in [7, 11) is 1.62. The summed E-state index contributed by atoms with van der Waals surface area (Å²) in [5, 5.41) is 0.829. The van der Waals surface area contributed by atoms with Gasteiger partial charge in [-0.1, -0.05) is 29.8 Å². The summed E-state index contributed by atoms with van der Waals surface area (Å²) in [5.41, 5.74) is 4.20. The van der Waals surface area contributed by atoms with E-state index in [4.69, 9.17) is 9.15 Å². The van der Waals surface area contributed by atoms with Gasteiger partial charge >= 0.3 is 5.63 Å². The van der Waals surface area contributed by atoms with Crippen LogP contribution in [-0.4, -0.2) is 7.11 Å². The van der Waals surface area contributed by atoms with Crippen LogP contribution in [0.25, 0.3) is 11.0 Å². The summed E-state index contributed by atoms with van der Waals surface area (Å²) < 4.78 is 10.9. The van der Waals surface area contributed by atoms with E-state index in [0.717, 1.165) is 22.3 Å². The zero-order valence-corrected chi connectivity index (χ0v) is 13.0. The smallest absolute Gasteiger partial charge is 0.339 e. The molecule has 0 atom stereocenters. The minimum Gasteiger partial charge on any atom is -0.496 e. The SMILES string of the molecule is COc1cc(C)cc2oc(=O)c(Cc3ccc(C)cc3)cc12. The Morgan fingerprint density at radius 3 is 2.41 bits per heavy atom. The van der Waals surface area contributed by atoms with E-state index in [1.807, 2.05) is 56.3 Å². The molecule has 0 radical (unpaired) electrons. The Balaban J connectivity index is 2.10. The summed E-state index contributed by atoms with van der Waals surface area (Å²) in [6.07, 6.45) is 0.551. The van der Waals surface area contributed by atoms with E-state index >= 15 is 0 Å². The molecule has 0 aliphatic heterocycles. The van der Waals surface area contributed by atoms with Crippen LogP contribution in [0.4, 0.5) is 0 Å². The number of aryl methyl sites for hydroxylation is 2. The quantitative estimate of drug-likeness (QED) is 0.685. The largest absolute Gasteiger partial charge is 0.496 e. The number of hydrogen-bond acceptors (Lipinski definition) is 3. The van der Waals surface area contributed by atoms with Gasteiger partial charge in [0.1, 0.15) is 11.3 Å². The summed E-state index contributed by atoms with van der Waals surface area (Å²) in [6, 6.07) is 13.8. The lowest BCUT2D eigenvalue weighted by molar-refractivity contribution is 0.418.